The van der Waals surface area contributed by atoms with Crippen molar-refractivity contribution < 1.29 is 47.6 Å². The maximum atomic E-state index is 11.7. The van der Waals surface area contributed by atoms with Gasteiger partial charge in [-0.3, -0.25) is 0 Å². The number of carbonyl (C=O) groups excluding carboxylic acids is 4. The highest BCUT2D eigenvalue weighted by molar-refractivity contribution is 5.88. The molecule has 0 N–H and O–H groups in total. The number of ether oxygens (including phenoxy) is 6. The highest BCUT2D eigenvalue weighted by atomic mass is 16.8. The monoisotopic (exact) mass is 342 g/mol. The van der Waals surface area contributed by atoms with Crippen LogP contribution >= 0.6 is 0 Å². The number of carbonyl (C=O) groups is 4. The number of hydrogen-bond donors (Lipinski definition) is 0. The van der Waals surface area contributed by atoms with Crippen LogP contribution < -0.4 is 0 Å². The number of hydrogen-bond acceptors (Lipinski definition) is 10. The predicted octanol–water partition coefficient (Wildman–Crippen LogP) is -0.358. The Balaban J connectivity index is 5.28. The van der Waals surface area contributed by atoms with Crippen molar-refractivity contribution in [3.05, 3.63) is 0 Å². The quantitative estimate of drug-likeness (QED) is 0.344. The van der Waals surface area contributed by atoms with Gasteiger partial charge < -0.3 is 28.4 Å². The van der Waals surface area contributed by atoms with Gasteiger partial charge in [-0.25, -0.2) is 19.2 Å². The molecule has 0 bridgehead atoms. The molecule has 0 radical (unpaired) electrons. The fraction of sp³-hybridized carbons (Fsp3) is 0.429. The fourth-order valence-electron chi connectivity index (χ4n) is 1.18. The molecule has 0 amide bonds. The maximum absolute atomic E-state index is 11.7. The van der Waals surface area contributed by atoms with Crippen molar-refractivity contribution in [1.82, 2.24) is 0 Å². The van der Waals surface area contributed by atoms with Crippen molar-refractivity contribution in [1.29, 1.82) is 0 Å². The molecule has 10 nitrogen and oxygen atoms in total. The van der Waals surface area contributed by atoms with Crippen molar-refractivity contribution in [2.45, 2.75) is 12.2 Å². The largest absolute Gasteiger partial charge is 0.510 e. The second-order valence-electron chi connectivity index (χ2n) is 3.61. The highest BCUT2D eigenvalue weighted by Gasteiger charge is 2.43. The molecule has 0 aliphatic heterocycles. The number of methoxy groups -OCH3 is 2. The standard InChI is InChI=1S/C14H14O10/c1-5-7-21-13(17)23-9(11(15)19-3)10(12(16)20-4)24-14(18)22-8-6-2/h1-2,9-10H,7-8H2,3-4H3. The van der Waals surface area contributed by atoms with E-state index in [1.807, 2.05) is 11.8 Å². The summed E-state index contributed by atoms with van der Waals surface area (Å²) < 4.78 is 26.7. The molecule has 0 aromatic heterocycles. The predicted molar refractivity (Wildman–Crippen MR) is 74.1 cm³/mol. The van der Waals surface area contributed by atoms with Crippen LogP contribution in [0.3, 0.4) is 0 Å². The second-order valence-corrected chi connectivity index (χ2v) is 3.61. The Labute approximate surface area is 137 Å². The second kappa shape index (κ2) is 11.2. The van der Waals surface area contributed by atoms with Crippen molar-refractivity contribution >= 4 is 24.2 Å². The van der Waals surface area contributed by atoms with Crippen LogP contribution in [0.15, 0.2) is 0 Å². The summed E-state index contributed by atoms with van der Waals surface area (Å²) in [4.78, 5) is 46.2. The van der Waals surface area contributed by atoms with Crippen molar-refractivity contribution in [2.24, 2.45) is 0 Å². The van der Waals surface area contributed by atoms with Gasteiger partial charge in [0.2, 0.25) is 12.2 Å². The van der Waals surface area contributed by atoms with Crippen LogP contribution in [0.25, 0.3) is 0 Å². The van der Waals surface area contributed by atoms with Crippen LogP contribution in [-0.2, 0) is 38.0 Å². The van der Waals surface area contributed by atoms with Gasteiger partial charge in [-0.2, -0.15) is 0 Å². The molecular weight excluding hydrogens is 328 g/mol. The molecule has 0 aromatic carbocycles. The first-order valence-corrected chi connectivity index (χ1v) is 6.10. The third kappa shape index (κ3) is 7.04. The van der Waals surface area contributed by atoms with E-state index < -0.39 is 49.7 Å². The molecule has 24 heavy (non-hydrogen) atoms. The summed E-state index contributed by atoms with van der Waals surface area (Å²) in [6.45, 7) is -0.915. The minimum Gasteiger partial charge on any atom is -0.466 e. The van der Waals surface area contributed by atoms with E-state index >= 15 is 0 Å². The zero-order chi connectivity index (χ0) is 18.5. The minimum atomic E-state index is -2.02. The van der Waals surface area contributed by atoms with Gasteiger partial charge in [-0.15, -0.1) is 12.8 Å². The van der Waals surface area contributed by atoms with Gasteiger partial charge in [0.15, 0.2) is 13.2 Å². The zero-order valence-electron chi connectivity index (χ0n) is 12.8. The summed E-state index contributed by atoms with van der Waals surface area (Å²) in [5.74, 6) is 1.50. The van der Waals surface area contributed by atoms with Gasteiger partial charge in [0.05, 0.1) is 14.2 Å². The van der Waals surface area contributed by atoms with Crippen LogP contribution in [0, 0.1) is 24.7 Å². The zero-order valence-corrected chi connectivity index (χ0v) is 12.8. The average Bonchev–Trinajstić information content (AvgIpc) is 2.59. The summed E-state index contributed by atoms with van der Waals surface area (Å²) in [5.41, 5.74) is 0. The van der Waals surface area contributed by atoms with E-state index in [0.29, 0.717) is 0 Å². The average molecular weight is 342 g/mol. The van der Waals surface area contributed by atoms with E-state index in [-0.39, 0.29) is 0 Å². The third-order valence-corrected chi connectivity index (χ3v) is 2.14. The van der Waals surface area contributed by atoms with Crippen molar-refractivity contribution in [2.75, 3.05) is 27.4 Å². The number of rotatable bonds is 7. The van der Waals surface area contributed by atoms with Gasteiger partial charge in [0.25, 0.3) is 0 Å². The normalized spacial score (nSPS) is 11.5. The molecule has 2 unspecified atom stereocenters. The van der Waals surface area contributed by atoms with E-state index in [0.717, 1.165) is 14.2 Å². The molecule has 0 aromatic rings. The molecule has 0 heterocycles. The van der Waals surface area contributed by atoms with Crippen LogP contribution in [0.2, 0.25) is 0 Å². The van der Waals surface area contributed by atoms with Gasteiger partial charge in [-0.05, 0) is 0 Å². The lowest BCUT2D eigenvalue weighted by Gasteiger charge is -2.22. The molecule has 0 saturated heterocycles. The van der Waals surface area contributed by atoms with Crippen molar-refractivity contribution in [3.63, 3.8) is 0 Å². The highest BCUT2D eigenvalue weighted by Crippen LogP contribution is 2.11. The SMILES string of the molecule is C#CCOC(=O)OC(C(=O)OC)C(OC(=O)OCC#C)C(=O)OC. The lowest BCUT2D eigenvalue weighted by Crippen LogP contribution is -2.47. The maximum Gasteiger partial charge on any atom is 0.510 e. The molecule has 0 spiro atoms. The van der Waals surface area contributed by atoms with E-state index in [4.69, 9.17) is 12.8 Å². The summed E-state index contributed by atoms with van der Waals surface area (Å²) >= 11 is 0. The molecule has 0 fully saturated rings. The summed E-state index contributed by atoms with van der Waals surface area (Å²) in [7, 11) is 1.88. The summed E-state index contributed by atoms with van der Waals surface area (Å²) in [5, 5.41) is 0. The number of terminal acetylenes is 2. The Bertz CT molecular complexity index is 503. The molecule has 2 atom stereocenters. The Morgan fingerprint density at radius 3 is 1.38 bits per heavy atom. The van der Waals surface area contributed by atoms with Gasteiger partial charge in [0, 0.05) is 0 Å². The summed E-state index contributed by atoms with van der Waals surface area (Å²) in [6, 6.07) is 0. The Hall–Kier alpha value is -3.40. The Kier molecular flexibility index (Phi) is 9.62. The minimum absolute atomic E-state index is 0.458. The van der Waals surface area contributed by atoms with Crippen molar-refractivity contribution in [3.8, 4) is 24.7 Å². The first-order chi connectivity index (χ1) is 11.4. The molecule has 0 rings (SSSR count). The van der Waals surface area contributed by atoms with Crippen LogP contribution in [0.1, 0.15) is 0 Å². The molecule has 0 aliphatic carbocycles. The lowest BCUT2D eigenvalue weighted by atomic mass is 10.2. The molecule has 130 valence electrons. The molecular formula is C14H14O10. The number of esters is 2. The molecule has 0 aliphatic rings. The fourth-order valence-corrected chi connectivity index (χ4v) is 1.18. The first kappa shape index (κ1) is 20.6. The van der Waals surface area contributed by atoms with Gasteiger partial charge in [0.1, 0.15) is 0 Å². The Morgan fingerprint density at radius 1 is 0.792 bits per heavy atom. The molecule has 0 saturated carbocycles. The smallest absolute Gasteiger partial charge is 0.466 e. The van der Waals surface area contributed by atoms with E-state index in [1.165, 1.54) is 0 Å². The summed E-state index contributed by atoms with van der Waals surface area (Å²) in [6.07, 6.45) is 2.92. The molecule has 10 heteroatoms. The van der Waals surface area contributed by atoms with Crippen LogP contribution in [0.5, 0.6) is 0 Å². The topological polar surface area (TPSA) is 124 Å². The first-order valence-electron chi connectivity index (χ1n) is 6.10. The third-order valence-electron chi connectivity index (χ3n) is 2.14. The Morgan fingerprint density at radius 2 is 1.12 bits per heavy atom. The van der Waals surface area contributed by atoms with Crippen LogP contribution in [-0.4, -0.2) is 63.9 Å². The lowest BCUT2D eigenvalue weighted by molar-refractivity contribution is -0.173. The van der Waals surface area contributed by atoms with Crippen LogP contribution in [0.4, 0.5) is 9.59 Å². The van der Waals surface area contributed by atoms with E-state index in [1.54, 1.807) is 0 Å². The van der Waals surface area contributed by atoms with Gasteiger partial charge in [-0.1, -0.05) is 11.8 Å². The van der Waals surface area contributed by atoms with E-state index in [9.17, 15) is 19.2 Å². The van der Waals surface area contributed by atoms with E-state index in [2.05, 4.69) is 28.4 Å². The van der Waals surface area contributed by atoms with Gasteiger partial charge >= 0.3 is 24.2 Å².